The maximum atomic E-state index is 14.0. The third kappa shape index (κ3) is 3.48. The monoisotopic (exact) mass is 339 g/mol. The number of piperazine rings is 1. The highest BCUT2D eigenvalue weighted by Gasteiger charge is 2.40. The lowest BCUT2D eigenvalue weighted by atomic mass is 10.1. The van der Waals surface area contributed by atoms with E-state index in [1.54, 1.807) is 12.1 Å². The first-order valence-electron chi connectivity index (χ1n) is 7.66. The lowest BCUT2D eigenvalue weighted by Gasteiger charge is -2.36. The van der Waals surface area contributed by atoms with Crippen LogP contribution < -0.4 is 5.32 Å². The van der Waals surface area contributed by atoms with Gasteiger partial charge in [-0.15, -0.1) is 0 Å². The van der Waals surface area contributed by atoms with Crippen LogP contribution in [0.1, 0.15) is 18.9 Å². The minimum atomic E-state index is -0.424. The molecule has 0 bridgehead atoms. The van der Waals surface area contributed by atoms with Gasteiger partial charge in [-0.1, -0.05) is 23.7 Å². The molecule has 5 nitrogen and oxygen atoms in total. The van der Waals surface area contributed by atoms with Crippen molar-refractivity contribution in [2.75, 3.05) is 19.6 Å². The molecule has 0 radical (unpaired) electrons. The van der Waals surface area contributed by atoms with Crippen molar-refractivity contribution < 1.29 is 14.0 Å². The fraction of sp³-hybridized carbons (Fsp3) is 0.500. The van der Waals surface area contributed by atoms with Crippen molar-refractivity contribution in [2.24, 2.45) is 0 Å². The first-order chi connectivity index (χ1) is 10.9. The Labute approximate surface area is 139 Å². The van der Waals surface area contributed by atoms with E-state index in [4.69, 9.17) is 11.6 Å². The predicted octanol–water partition coefficient (Wildman–Crippen LogP) is 1.40. The second-order valence-corrected chi connectivity index (χ2v) is 6.62. The van der Waals surface area contributed by atoms with Gasteiger partial charge in [0, 0.05) is 44.2 Å². The molecule has 2 saturated heterocycles. The summed E-state index contributed by atoms with van der Waals surface area (Å²) in [6, 6.07) is 4.98. The zero-order valence-electron chi connectivity index (χ0n) is 12.9. The Morgan fingerprint density at radius 3 is 2.96 bits per heavy atom. The van der Waals surface area contributed by atoms with Crippen LogP contribution >= 0.6 is 11.6 Å². The van der Waals surface area contributed by atoms with Crippen molar-refractivity contribution in [2.45, 2.75) is 32.0 Å². The molecular weight excluding hydrogens is 321 g/mol. The molecule has 7 heteroatoms. The van der Waals surface area contributed by atoms with E-state index in [-0.39, 0.29) is 35.5 Å². The topological polar surface area (TPSA) is 52.7 Å². The van der Waals surface area contributed by atoms with Crippen LogP contribution in [-0.4, -0.2) is 53.3 Å². The first-order valence-corrected chi connectivity index (χ1v) is 8.03. The van der Waals surface area contributed by atoms with Crippen molar-refractivity contribution in [1.82, 2.24) is 15.1 Å². The van der Waals surface area contributed by atoms with Gasteiger partial charge in [0.25, 0.3) is 0 Å². The molecule has 1 aromatic carbocycles. The maximum absolute atomic E-state index is 14.0. The molecule has 0 saturated carbocycles. The van der Waals surface area contributed by atoms with Gasteiger partial charge in [0.05, 0.1) is 11.6 Å². The molecule has 2 heterocycles. The number of hydrogen-bond donors (Lipinski definition) is 1. The molecule has 1 aromatic rings. The van der Waals surface area contributed by atoms with Crippen LogP contribution in [0.5, 0.6) is 0 Å². The molecule has 2 atom stereocenters. The lowest BCUT2D eigenvalue weighted by Crippen LogP contribution is -2.53. The number of fused-ring (bicyclic) bond motifs is 1. The molecule has 2 aliphatic rings. The average molecular weight is 340 g/mol. The summed E-state index contributed by atoms with van der Waals surface area (Å²) in [5.74, 6) is -0.483. The highest BCUT2D eigenvalue weighted by Crippen LogP contribution is 2.25. The van der Waals surface area contributed by atoms with Crippen LogP contribution in [0.25, 0.3) is 0 Å². The van der Waals surface area contributed by atoms with E-state index in [0.717, 1.165) is 6.42 Å². The minimum Gasteiger partial charge on any atom is -0.352 e. The number of carbonyl (C=O) groups is 2. The van der Waals surface area contributed by atoms with E-state index >= 15 is 0 Å². The molecule has 0 aliphatic carbocycles. The Morgan fingerprint density at radius 2 is 2.22 bits per heavy atom. The number of benzene rings is 1. The standard InChI is InChI=1S/C16H19ClFN3O2/c1-10(22)19-12-5-13-8-20(9-15(23)21(13)7-12)6-11-3-2-4-14(17)16(11)18/h2-4,12-13H,5-9H2,1H3,(H,19,22)/t12-,13-/m0/s1. The highest BCUT2D eigenvalue weighted by molar-refractivity contribution is 6.30. The normalized spacial score (nSPS) is 24.7. The fourth-order valence-corrected chi connectivity index (χ4v) is 3.66. The molecule has 3 rings (SSSR count). The first kappa shape index (κ1) is 16.2. The smallest absolute Gasteiger partial charge is 0.237 e. The molecule has 1 N–H and O–H groups in total. The summed E-state index contributed by atoms with van der Waals surface area (Å²) >= 11 is 5.81. The number of rotatable bonds is 3. The van der Waals surface area contributed by atoms with Gasteiger partial charge in [0.15, 0.2) is 0 Å². The summed E-state index contributed by atoms with van der Waals surface area (Å²) in [7, 11) is 0. The molecule has 23 heavy (non-hydrogen) atoms. The van der Waals surface area contributed by atoms with Crippen molar-refractivity contribution in [1.29, 1.82) is 0 Å². The van der Waals surface area contributed by atoms with Gasteiger partial charge in [-0.05, 0) is 12.5 Å². The predicted molar refractivity (Wildman–Crippen MR) is 84.4 cm³/mol. The zero-order valence-corrected chi connectivity index (χ0v) is 13.6. The van der Waals surface area contributed by atoms with Crippen LogP contribution in [0.2, 0.25) is 5.02 Å². The highest BCUT2D eigenvalue weighted by atomic mass is 35.5. The van der Waals surface area contributed by atoms with E-state index in [0.29, 0.717) is 25.2 Å². The zero-order chi connectivity index (χ0) is 16.6. The van der Waals surface area contributed by atoms with Gasteiger partial charge >= 0.3 is 0 Å². The largest absolute Gasteiger partial charge is 0.352 e. The van der Waals surface area contributed by atoms with E-state index in [1.165, 1.54) is 13.0 Å². The summed E-state index contributed by atoms with van der Waals surface area (Å²) < 4.78 is 14.0. The van der Waals surface area contributed by atoms with E-state index in [9.17, 15) is 14.0 Å². The van der Waals surface area contributed by atoms with Crippen LogP contribution in [0.15, 0.2) is 18.2 Å². The van der Waals surface area contributed by atoms with Gasteiger partial charge in [0.2, 0.25) is 11.8 Å². The molecule has 0 spiro atoms. The molecule has 0 unspecified atom stereocenters. The number of hydrogen-bond acceptors (Lipinski definition) is 3. The fourth-order valence-electron chi connectivity index (χ4n) is 3.46. The van der Waals surface area contributed by atoms with Gasteiger partial charge < -0.3 is 10.2 Å². The number of nitrogens with zero attached hydrogens (tertiary/aromatic N) is 2. The molecule has 2 fully saturated rings. The van der Waals surface area contributed by atoms with Gasteiger partial charge in [-0.25, -0.2) is 4.39 Å². The van der Waals surface area contributed by atoms with E-state index in [1.807, 2.05) is 9.80 Å². The summed E-state index contributed by atoms with van der Waals surface area (Å²) in [5.41, 5.74) is 0.496. The minimum absolute atomic E-state index is 0.00399. The number of carbonyl (C=O) groups excluding carboxylic acids is 2. The summed E-state index contributed by atoms with van der Waals surface area (Å²) in [4.78, 5) is 27.3. The molecular formula is C16H19ClFN3O2. The average Bonchev–Trinajstić information content (AvgIpc) is 2.86. The third-order valence-electron chi connectivity index (χ3n) is 4.40. The van der Waals surface area contributed by atoms with Gasteiger partial charge in [-0.2, -0.15) is 0 Å². The van der Waals surface area contributed by atoms with Crippen molar-refractivity contribution in [3.05, 3.63) is 34.6 Å². The van der Waals surface area contributed by atoms with Gasteiger partial charge in [0.1, 0.15) is 5.82 Å². The lowest BCUT2D eigenvalue weighted by molar-refractivity contribution is -0.138. The van der Waals surface area contributed by atoms with Crippen LogP contribution in [0, 0.1) is 5.82 Å². The maximum Gasteiger partial charge on any atom is 0.237 e. The Kier molecular flexibility index (Phi) is 4.55. The second-order valence-electron chi connectivity index (χ2n) is 6.22. The number of nitrogens with one attached hydrogen (secondary N) is 1. The molecule has 0 aromatic heterocycles. The number of amides is 2. The molecule has 2 aliphatic heterocycles. The Balaban J connectivity index is 1.67. The van der Waals surface area contributed by atoms with Crippen LogP contribution in [0.4, 0.5) is 4.39 Å². The second kappa shape index (κ2) is 6.45. The summed E-state index contributed by atoms with van der Waals surface area (Å²) in [5, 5.41) is 2.97. The van der Waals surface area contributed by atoms with Crippen molar-refractivity contribution >= 4 is 23.4 Å². The van der Waals surface area contributed by atoms with Gasteiger partial charge in [-0.3, -0.25) is 14.5 Å². The van der Waals surface area contributed by atoms with Crippen molar-refractivity contribution in [3.63, 3.8) is 0 Å². The van der Waals surface area contributed by atoms with Crippen LogP contribution in [-0.2, 0) is 16.1 Å². The Hall–Kier alpha value is -1.66. The van der Waals surface area contributed by atoms with Crippen LogP contribution in [0.3, 0.4) is 0 Å². The van der Waals surface area contributed by atoms with E-state index < -0.39 is 5.82 Å². The number of halogens is 2. The summed E-state index contributed by atoms with van der Waals surface area (Å²) in [6.07, 6.45) is 0.736. The Morgan fingerprint density at radius 1 is 1.43 bits per heavy atom. The SMILES string of the molecule is CC(=O)N[C@H]1C[C@H]2CN(Cc3cccc(Cl)c3F)CC(=O)N2C1. The Bertz CT molecular complexity index is 640. The quantitative estimate of drug-likeness (QED) is 0.905. The van der Waals surface area contributed by atoms with Crippen molar-refractivity contribution in [3.8, 4) is 0 Å². The summed E-state index contributed by atoms with van der Waals surface area (Å²) in [6.45, 7) is 3.33. The molecule has 124 valence electrons. The molecule has 2 amide bonds. The van der Waals surface area contributed by atoms with E-state index in [2.05, 4.69) is 5.32 Å². The third-order valence-corrected chi connectivity index (χ3v) is 4.69.